The summed E-state index contributed by atoms with van der Waals surface area (Å²) in [5.41, 5.74) is 8.77. The van der Waals surface area contributed by atoms with E-state index in [1.807, 2.05) is 35.2 Å². The molecule has 1 aliphatic carbocycles. The van der Waals surface area contributed by atoms with Crippen LogP contribution in [0.2, 0.25) is 0 Å². The van der Waals surface area contributed by atoms with Gasteiger partial charge in [0.05, 0.1) is 11.1 Å². The maximum atomic E-state index is 13.3. The highest BCUT2D eigenvalue weighted by Gasteiger charge is 2.32. The molecule has 1 saturated carbocycles. The van der Waals surface area contributed by atoms with Crippen LogP contribution in [0.1, 0.15) is 54.6 Å². The van der Waals surface area contributed by atoms with E-state index in [2.05, 4.69) is 6.92 Å². The quantitative estimate of drug-likeness (QED) is 0.848. The Morgan fingerprint density at radius 1 is 1.23 bits per heavy atom. The number of hydrogen-bond acceptors (Lipinski definition) is 3. The molecule has 2 aliphatic rings. The van der Waals surface area contributed by atoms with E-state index in [0.29, 0.717) is 18.4 Å². The molecule has 2 fully saturated rings. The number of piperidine rings is 1. The van der Waals surface area contributed by atoms with Crippen LogP contribution in [0.25, 0.3) is 10.9 Å². The zero-order chi connectivity index (χ0) is 16.7. The van der Waals surface area contributed by atoms with Crippen molar-refractivity contribution < 1.29 is 4.79 Å². The van der Waals surface area contributed by atoms with Crippen LogP contribution >= 0.6 is 24.8 Å². The topological polar surface area (TPSA) is 59.2 Å². The summed E-state index contributed by atoms with van der Waals surface area (Å²) < 4.78 is 0. The smallest absolute Gasteiger partial charge is 0.254 e. The number of likely N-dealkylation sites (tertiary alicyclic amines) is 1. The van der Waals surface area contributed by atoms with E-state index in [1.54, 1.807) is 0 Å². The first-order valence-corrected chi connectivity index (χ1v) is 9.08. The number of aromatic nitrogens is 1. The van der Waals surface area contributed by atoms with E-state index in [0.717, 1.165) is 41.5 Å². The molecule has 2 N–H and O–H groups in total. The van der Waals surface area contributed by atoms with Gasteiger partial charge in [0.2, 0.25) is 0 Å². The number of pyridine rings is 1. The van der Waals surface area contributed by atoms with Gasteiger partial charge in [-0.1, -0.05) is 25.1 Å². The number of carbonyl (C=O) groups is 1. The molecule has 26 heavy (non-hydrogen) atoms. The Balaban J connectivity index is 0.00000121. The lowest BCUT2D eigenvalue weighted by Gasteiger charge is -2.38. The Kier molecular flexibility index (Phi) is 6.89. The van der Waals surface area contributed by atoms with Crippen LogP contribution in [0.4, 0.5) is 0 Å². The highest BCUT2D eigenvalue weighted by molar-refractivity contribution is 6.06. The van der Waals surface area contributed by atoms with E-state index in [9.17, 15) is 4.79 Å². The normalized spacial score (nSPS) is 22.5. The summed E-state index contributed by atoms with van der Waals surface area (Å²) in [6.07, 6.45) is 4.43. The molecule has 1 aliphatic heterocycles. The average Bonchev–Trinajstić information content (AvgIpc) is 3.45. The summed E-state index contributed by atoms with van der Waals surface area (Å²) in [6.45, 7) is 3.59. The largest absolute Gasteiger partial charge is 0.334 e. The van der Waals surface area contributed by atoms with Crippen molar-refractivity contribution in [3.63, 3.8) is 0 Å². The SMILES string of the molecule is CC1CCN(C(=O)c2cc(C3CC3)nc3ccccc23)C(CN)C1.Cl.Cl. The van der Waals surface area contributed by atoms with E-state index >= 15 is 0 Å². The minimum atomic E-state index is 0. The number of fused-ring (bicyclic) bond motifs is 1. The summed E-state index contributed by atoms with van der Waals surface area (Å²) in [5, 5.41) is 0.960. The van der Waals surface area contributed by atoms with Gasteiger partial charge in [-0.15, -0.1) is 24.8 Å². The third-order valence-corrected chi connectivity index (χ3v) is 5.47. The molecule has 0 bridgehead atoms. The van der Waals surface area contributed by atoms with Gasteiger partial charge in [0, 0.05) is 36.1 Å². The first-order valence-electron chi connectivity index (χ1n) is 9.08. The maximum Gasteiger partial charge on any atom is 0.254 e. The van der Waals surface area contributed by atoms with Gasteiger partial charge >= 0.3 is 0 Å². The van der Waals surface area contributed by atoms with Crippen LogP contribution in [0.15, 0.2) is 30.3 Å². The summed E-state index contributed by atoms with van der Waals surface area (Å²) in [4.78, 5) is 20.1. The molecule has 0 spiro atoms. The Labute approximate surface area is 167 Å². The Morgan fingerprint density at radius 3 is 2.65 bits per heavy atom. The molecule has 2 heterocycles. The summed E-state index contributed by atoms with van der Waals surface area (Å²) >= 11 is 0. The Hall–Kier alpha value is -1.36. The minimum Gasteiger partial charge on any atom is -0.334 e. The van der Waals surface area contributed by atoms with Crippen molar-refractivity contribution in [1.29, 1.82) is 0 Å². The second-order valence-electron chi connectivity index (χ2n) is 7.40. The monoisotopic (exact) mass is 395 g/mol. The number of carbonyl (C=O) groups excluding carboxylic acids is 1. The molecule has 0 radical (unpaired) electrons. The van der Waals surface area contributed by atoms with Crippen LogP contribution < -0.4 is 5.73 Å². The molecule has 6 heteroatoms. The van der Waals surface area contributed by atoms with Crippen molar-refractivity contribution in [2.24, 2.45) is 11.7 Å². The number of nitrogens with two attached hydrogens (primary N) is 1. The molecular weight excluding hydrogens is 369 g/mol. The zero-order valence-corrected chi connectivity index (χ0v) is 16.7. The highest BCUT2D eigenvalue weighted by atomic mass is 35.5. The van der Waals surface area contributed by atoms with Gasteiger partial charge in [0.15, 0.2) is 0 Å². The number of hydrogen-bond donors (Lipinski definition) is 1. The van der Waals surface area contributed by atoms with Gasteiger partial charge in [-0.05, 0) is 43.7 Å². The van der Waals surface area contributed by atoms with Gasteiger partial charge in [-0.2, -0.15) is 0 Å². The van der Waals surface area contributed by atoms with Gasteiger partial charge < -0.3 is 10.6 Å². The van der Waals surface area contributed by atoms with E-state index < -0.39 is 0 Å². The number of amides is 1. The first kappa shape index (κ1) is 20.9. The van der Waals surface area contributed by atoms with E-state index in [4.69, 9.17) is 10.7 Å². The fourth-order valence-corrected chi connectivity index (χ4v) is 3.86. The standard InChI is InChI=1S/C20H25N3O.2ClH/c1-13-8-9-23(15(10-13)12-21)20(24)17-11-19(14-6-7-14)22-18-5-3-2-4-16(17)18;;/h2-5,11,13-15H,6-10,12,21H2,1H3;2*1H. The lowest BCUT2D eigenvalue weighted by Crippen LogP contribution is -2.49. The summed E-state index contributed by atoms with van der Waals surface area (Å²) in [6, 6.07) is 10.2. The first-order chi connectivity index (χ1) is 11.7. The van der Waals surface area contributed by atoms with Crippen molar-refractivity contribution >= 4 is 41.6 Å². The van der Waals surface area contributed by atoms with Crippen molar-refractivity contribution in [2.75, 3.05) is 13.1 Å². The Morgan fingerprint density at radius 2 is 1.96 bits per heavy atom. The number of benzene rings is 1. The Bertz CT molecular complexity index is 779. The van der Waals surface area contributed by atoms with Gasteiger partial charge in [0.25, 0.3) is 5.91 Å². The lowest BCUT2D eigenvalue weighted by molar-refractivity contribution is 0.0575. The molecule has 1 saturated heterocycles. The molecule has 142 valence electrons. The molecule has 4 rings (SSSR count). The molecule has 2 aromatic rings. The number of nitrogens with zero attached hydrogens (tertiary/aromatic N) is 2. The number of halogens is 2. The van der Waals surface area contributed by atoms with E-state index in [-0.39, 0.29) is 36.8 Å². The summed E-state index contributed by atoms with van der Waals surface area (Å²) in [5.74, 6) is 1.30. The van der Waals surface area contributed by atoms with Crippen molar-refractivity contribution in [2.45, 2.75) is 44.6 Å². The van der Waals surface area contributed by atoms with Gasteiger partial charge in [0.1, 0.15) is 0 Å². The van der Waals surface area contributed by atoms with E-state index in [1.165, 1.54) is 12.8 Å². The molecule has 1 aromatic heterocycles. The average molecular weight is 396 g/mol. The van der Waals surface area contributed by atoms with Crippen LogP contribution in [-0.4, -0.2) is 34.9 Å². The number of para-hydroxylation sites is 1. The fraction of sp³-hybridized carbons (Fsp3) is 0.500. The second-order valence-corrected chi connectivity index (χ2v) is 7.40. The maximum absolute atomic E-state index is 13.3. The third kappa shape index (κ3) is 3.98. The molecule has 2 unspecified atom stereocenters. The van der Waals surface area contributed by atoms with Crippen molar-refractivity contribution in [3.05, 3.63) is 41.6 Å². The second kappa shape index (κ2) is 8.55. The molecular formula is C20H27Cl2N3O. The van der Waals surface area contributed by atoms with Crippen LogP contribution in [-0.2, 0) is 0 Å². The van der Waals surface area contributed by atoms with Crippen LogP contribution in [0.5, 0.6) is 0 Å². The molecule has 1 amide bonds. The lowest BCUT2D eigenvalue weighted by atomic mass is 9.91. The van der Waals surface area contributed by atoms with Crippen LogP contribution in [0, 0.1) is 5.92 Å². The highest BCUT2D eigenvalue weighted by Crippen LogP contribution is 2.40. The van der Waals surface area contributed by atoms with Gasteiger partial charge in [-0.3, -0.25) is 9.78 Å². The number of rotatable bonds is 3. The third-order valence-electron chi connectivity index (χ3n) is 5.47. The molecule has 1 aromatic carbocycles. The molecule has 4 nitrogen and oxygen atoms in total. The van der Waals surface area contributed by atoms with Gasteiger partial charge in [-0.25, -0.2) is 0 Å². The predicted octanol–water partition coefficient (Wildman–Crippen LogP) is 4.16. The molecule has 2 atom stereocenters. The van der Waals surface area contributed by atoms with Crippen molar-refractivity contribution in [3.8, 4) is 0 Å². The minimum absolute atomic E-state index is 0. The van der Waals surface area contributed by atoms with Crippen LogP contribution in [0.3, 0.4) is 0 Å². The predicted molar refractivity (Wildman–Crippen MR) is 110 cm³/mol. The zero-order valence-electron chi connectivity index (χ0n) is 15.1. The fourth-order valence-electron chi connectivity index (χ4n) is 3.86. The van der Waals surface area contributed by atoms with Crippen molar-refractivity contribution in [1.82, 2.24) is 9.88 Å². The summed E-state index contributed by atoms with van der Waals surface area (Å²) in [7, 11) is 0.